The highest BCUT2D eigenvalue weighted by molar-refractivity contribution is 6.05. The minimum Gasteiger partial charge on any atom is -0.383 e. The number of aryl methyl sites for hydroxylation is 1. The van der Waals surface area contributed by atoms with Crippen LogP contribution in [0.3, 0.4) is 0 Å². The van der Waals surface area contributed by atoms with Crippen molar-refractivity contribution in [3.63, 3.8) is 0 Å². The number of nitrogen functional groups attached to an aromatic ring is 1. The number of hydrogen-bond acceptors (Lipinski definition) is 6. The van der Waals surface area contributed by atoms with E-state index >= 15 is 0 Å². The normalized spacial score (nSPS) is 16.4. The Morgan fingerprint density at radius 2 is 2.04 bits per heavy atom. The second kappa shape index (κ2) is 7.67. The van der Waals surface area contributed by atoms with Crippen molar-refractivity contribution < 1.29 is 14.1 Å². The Balaban J connectivity index is 1.49. The van der Waals surface area contributed by atoms with Gasteiger partial charge in [0.25, 0.3) is 0 Å². The summed E-state index contributed by atoms with van der Waals surface area (Å²) in [5.74, 6) is 0.715. The number of nitrogens with two attached hydrogens (primary N) is 1. The SMILES string of the molecule is Nc1c(C(=O)C2CCCN2C(=O)CCc2ccno2)cnn1-c1ccccc1. The molecule has 0 saturated carbocycles. The lowest BCUT2D eigenvalue weighted by Crippen LogP contribution is -2.40. The van der Waals surface area contributed by atoms with Crippen molar-refractivity contribution in [2.45, 2.75) is 31.7 Å². The molecule has 3 heterocycles. The zero-order chi connectivity index (χ0) is 19.5. The van der Waals surface area contributed by atoms with Gasteiger partial charge in [0.2, 0.25) is 5.91 Å². The fourth-order valence-corrected chi connectivity index (χ4v) is 3.58. The number of anilines is 1. The van der Waals surface area contributed by atoms with Gasteiger partial charge in [-0.2, -0.15) is 5.10 Å². The van der Waals surface area contributed by atoms with Gasteiger partial charge in [0.15, 0.2) is 5.78 Å². The number of carbonyl (C=O) groups excluding carboxylic acids is 2. The second-order valence-electron chi connectivity index (χ2n) is 6.78. The molecule has 2 N–H and O–H groups in total. The number of rotatable bonds is 6. The molecule has 0 aliphatic carbocycles. The second-order valence-corrected chi connectivity index (χ2v) is 6.78. The summed E-state index contributed by atoms with van der Waals surface area (Å²) in [5.41, 5.74) is 7.34. The third-order valence-corrected chi connectivity index (χ3v) is 5.02. The van der Waals surface area contributed by atoms with Crippen LogP contribution in [0.2, 0.25) is 0 Å². The van der Waals surface area contributed by atoms with E-state index in [0.717, 1.165) is 12.1 Å². The molecule has 1 atom stereocenters. The Morgan fingerprint density at radius 3 is 2.79 bits per heavy atom. The Labute approximate surface area is 161 Å². The van der Waals surface area contributed by atoms with Gasteiger partial charge in [-0.05, 0) is 25.0 Å². The Morgan fingerprint density at radius 1 is 1.21 bits per heavy atom. The molecule has 8 nitrogen and oxygen atoms in total. The molecule has 8 heteroatoms. The van der Waals surface area contributed by atoms with Crippen LogP contribution in [0.1, 0.15) is 35.4 Å². The lowest BCUT2D eigenvalue weighted by atomic mass is 10.0. The quantitative estimate of drug-likeness (QED) is 0.658. The lowest BCUT2D eigenvalue weighted by Gasteiger charge is -2.23. The molecule has 1 unspecified atom stereocenters. The summed E-state index contributed by atoms with van der Waals surface area (Å²) in [6, 6.07) is 10.6. The fourth-order valence-electron chi connectivity index (χ4n) is 3.58. The summed E-state index contributed by atoms with van der Waals surface area (Å²) in [4.78, 5) is 27.4. The van der Waals surface area contributed by atoms with Crippen LogP contribution in [-0.2, 0) is 11.2 Å². The van der Waals surface area contributed by atoms with Crippen molar-refractivity contribution in [3.05, 3.63) is 60.1 Å². The van der Waals surface area contributed by atoms with E-state index in [1.165, 1.54) is 10.9 Å². The monoisotopic (exact) mass is 379 g/mol. The molecule has 0 radical (unpaired) electrons. The van der Waals surface area contributed by atoms with Crippen molar-refractivity contribution in [1.82, 2.24) is 19.8 Å². The molecule has 1 fully saturated rings. The van der Waals surface area contributed by atoms with Gasteiger partial charge in [0, 0.05) is 25.5 Å². The molecule has 0 spiro atoms. The third kappa shape index (κ3) is 3.40. The summed E-state index contributed by atoms with van der Waals surface area (Å²) >= 11 is 0. The first-order valence-corrected chi connectivity index (χ1v) is 9.27. The molecule has 1 saturated heterocycles. The predicted molar refractivity (Wildman–Crippen MR) is 102 cm³/mol. The maximum Gasteiger partial charge on any atom is 0.223 e. The first-order valence-electron chi connectivity index (χ1n) is 9.27. The number of Topliss-reactive ketones (excluding diaryl/α,β-unsaturated/α-hetero) is 1. The number of likely N-dealkylation sites (tertiary alicyclic amines) is 1. The average Bonchev–Trinajstić information content (AvgIpc) is 3.47. The van der Waals surface area contributed by atoms with Gasteiger partial charge < -0.3 is 15.2 Å². The van der Waals surface area contributed by atoms with Crippen LogP contribution in [0.15, 0.2) is 53.3 Å². The van der Waals surface area contributed by atoms with E-state index in [0.29, 0.717) is 30.7 Å². The average molecular weight is 379 g/mol. The van der Waals surface area contributed by atoms with Crippen molar-refractivity contribution in [1.29, 1.82) is 0 Å². The number of hydrogen-bond donors (Lipinski definition) is 1. The van der Waals surface area contributed by atoms with Crippen molar-refractivity contribution in [2.75, 3.05) is 12.3 Å². The first-order chi connectivity index (χ1) is 13.6. The van der Waals surface area contributed by atoms with Crippen LogP contribution in [0, 0.1) is 0 Å². The fraction of sp³-hybridized carbons (Fsp3) is 0.300. The van der Waals surface area contributed by atoms with Gasteiger partial charge in [0.05, 0.1) is 29.7 Å². The summed E-state index contributed by atoms with van der Waals surface area (Å²) in [7, 11) is 0. The van der Waals surface area contributed by atoms with Crippen LogP contribution in [0.25, 0.3) is 5.69 Å². The lowest BCUT2D eigenvalue weighted by molar-refractivity contribution is -0.131. The Bertz CT molecular complexity index is 965. The molecular weight excluding hydrogens is 358 g/mol. The van der Waals surface area contributed by atoms with Crippen LogP contribution < -0.4 is 5.73 Å². The number of benzene rings is 1. The molecular formula is C20H21N5O3. The predicted octanol–water partition coefficient (Wildman–Crippen LogP) is 2.25. The van der Waals surface area contributed by atoms with Crippen LogP contribution in [0.4, 0.5) is 5.82 Å². The molecule has 0 bridgehead atoms. The highest BCUT2D eigenvalue weighted by Crippen LogP contribution is 2.26. The van der Waals surface area contributed by atoms with Gasteiger partial charge in [-0.1, -0.05) is 23.4 Å². The minimum atomic E-state index is -0.502. The van der Waals surface area contributed by atoms with Crippen molar-refractivity contribution in [3.8, 4) is 5.69 Å². The van der Waals surface area contributed by atoms with Crippen molar-refractivity contribution in [2.24, 2.45) is 0 Å². The van der Waals surface area contributed by atoms with Gasteiger partial charge >= 0.3 is 0 Å². The van der Waals surface area contributed by atoms with E-state index < -0.39 is 6.04 Å². The standard InChI is InChI=1S/C20H21N5O3/c21-20-16(13-22-25(20)14-5-2-1-3-6-14)19(27)17-7-4-12-24(17)18(26)9-8-15-10-11-23-28-15/h1-3,5-6,10-11,13,17H,4,7-9,12,21H2. The largest absolute Gasteiger partial charge is 0.383 e. The summed E-state index contributed by atoms with van der Waals surface area (Å²) in [6.45, 7) is 0.568. The van der Waals surface area contributed by atoms with Gasteiger partial charge in [-0.25, -0.2) is 4.68 Å². The molecule has 1 aliphatic heterocycles. The molecule has 1 aliphatic rings. The maximum atomic E-state index is 13.1. The summed E-state index contributed by atoms with van der Waals surface area (Å²) < 4.78 is 6.58. The zero-order valence-corrected chi connectivity index (χ0v) is 15.3. The van der Waals surface area contributed by atoms with E-state index in [1.54, 1.807) is 17.2 Å². The first kappa shape index (κ1) is 18.0. The molecule has 3 aromatic rings. The highest BCUT2D eigenvalue weighted by atomic mass is 16.5. The van der Waals surface area contributed by atoms with E-state index in [1.807, 2.05) is 30.3 Å². The van der Waals surface area contributed by atoms with E-state index in [-0.39, 0.29) is 23.9 Å². The number of carbonyl (C=O) groups is 2. The molecule has 1 aromatic carbocycles. The summed E-state index contributed by atoms with van der Waals surface area (Å²) in [6.07, 6.45) is 5.19. The molecule has 28 heavy (non-hydrogen) atoms. The Kier molecular flexibility index (Phi) is 4.92. The molecule has 4 rings (SSSR count). The van der Waals surface area contributed by atoms with Crippen LogP contribution in [-0.4, -0.2) is 44.1 Å². The minimum absolute atomic E-state index is 0.0683. The molecule has 2 aromatic heterocycles. The third-order valence-electron chi connectivity index (χ3n) is 5.02. The van der Waals surface area contributed by atoms with E-state index in [2.05, 4.69) is 10.3 Å². The number of ketones is 1. The number of amides is 1. The maximum absolute atomic E-state index is 13.1. The smallest absolute Gasteiger partial charge is 0.223 e. The van der Waals surface area contributed by atoms with E-state index in [4.69, 9.17) is 10.3 Å². The number of para-hydroxylation sites is 1. The Hall–Kier alpha value is -3.42. The van der Waals surface area contributed by atoms with Crippen LogP contribution >= 0.6 is 0 Å². The summed E-state index contributed by atoms with van der Waals surface area (Å²) in [5, 5.41) is 7.91. The molecule has 144 valence electrons. The van der Waals surface area contributed by atoms with Crippen LogP contribution in [0.5, 0.6) is 0 Å². The molecule has 1 amide bonds. The van der Waals surface area contributed by atoms with E-state index in [9.17, 15) is 9.59 Å². The topological polar surface area (TPSA) is 107 Å². The van der Waals surface area contributed by atoms with Gasteiger partial charge in [-0.15, -0.1) is 0 Å². The van der Waals surface area contributed by atoms with Gasteiger partial charge in [0.1, 0.15) is 11.6 Å². The van der Waals surface area contributed by atoms with Crippen molar-refractivity contribution >= 4 is 17.5 Å². The van der Waals surface area contributed by atoms with Gasteiger partial charge in [-0.3, -0.25) is 9.59 Å². The zero-order valence-electron chi connectivity index (χ0n) is 15.3. The number of aromatic nitrogens is 3. The highest BCUT2D eigenvalue weighted by Gasteiger charge is 2.36. The number of nitrogens with zero attached hydrogens (tertiary/aromatic N) is 4.